The van der Waals surface area contributed by atoms with Gasteiger partial charge in [-0.05, 0) is 58.2 Å². The molecular formula is C28H22N6O6P2V2. The second kappa shape index (κ2) is 19.4. The Balaban J connectivity index is 0.000000705. The molecule has 0 saturated heterocycles. The van der Waals surface area contributed by atoms with Crippen LogP contribution in [-0.2, 0) is 56.2 Å². The Hall–Kier alpha value is -3.93. The first kappa shape index (κ1) is 38.1. The summed E-state index contributed by atoms with van der Waals surface area (Å²) in [5.41, 5.74) is 18.6. The maximum atomic E-state index is 10.6. The zero-order valence-corrected chi connectivity index (χ0v) is 27.8. The van der Waals surface area contributed by atoms with Gasteiger partial charge in [0.2, 0.25) is 12.2 Å². The number of imidazole rings is 2. The molecule has 4 N–H and O–H groups in total. The first-order valence-corrected chi connectivity index (χ1v) is 13.7. The third-order valence-corrected chi connectivity index (χ3v) is 6.45. The smallest absolute Gasteiger partial charge is 0.632 e. The number of aromatic nitrogens is 4. The van der Waals surface area contributed by atoms with Gasteiger partial charge in [-0.1, -0.05) is 30.2 Å². The van der Waals surface area contributed by atoms with E-state index in [0.717, 1.165) is 52.7 Å². The average molecular weight is 702 g/mol. The third-order valence-electron chi connectivity index (χ3n) is 5.28. The first-order chi connectivity index (χ1) is 20.3. The minimum Gasteiger partial charge on any atom is -0.632 e. The molecular weight excluding hydrogens is 680 g/mol. The summed E-state index contributed by atoms with van der Waals surface area (Å²) in [6, 6.07) is 22.2. The van der Waals surface area contributed by atoms with Gasteiger partial charge in [0.1, 0.15) is 5.69 Å². The van der Waals surface area contributed by atoms with Crippen molar-refractivity contribution < 1.29 is 65.8 Å². The van der Waals surface area contributed by atoms with Crippen molar-refractivity contribution >= 4 is 74.3 Å². The molecule has 2 unspecified atom stereocenters. The Morgan fingerprint density at radius 3 is 2.00 bits per heavy atom. The molecule has 0 aliphatic rings. The Kier molecular flexibility index (Phi) is 16.8. The summed E-state index contributed by atoms with van der Waals surface area (Å²) in [7, 11) is 2.12. The first-order valence-electron chi connectivity index (χ1n) is 11.7. The number of rotatable bonds is 5. The van der Waals surface area contributed by atoms with Crippen LogP contribution in [0.15, 0.2) is 60.8 Å². The number of carbonyl (C=O) groups excluding carboxylic acids is 4. The van der Waals surface area contributed by atoms with Crippen molar-refractivity contribution in [2.45, 2.75) is 0 Å². The fourth-order valence-electron chi connectivity index (χ4n) is 3.44. The Labute approximate surface area is 279 Å². The topological polar surface area (TPSA) is 192 Å². The molecule has 0 bridgehead atoms. The third kappa shape index (κ3) is 11.6. The summed E-state index contributed by atoms with van der Waals surface area (Å²) >= 11 is 0. The average Bonchev–Trinajstić information content (AvgIpc) is 3.62. The van der Waals surface area contributed by atoms with Gasteiger partial charge in [-0.2, -0.15) is 17.2 Å². The van der Waals surface area contributed by atoms with E-state index in [2.05, 4.69) is 65.5 Å². The van der Waals surface area contributed by atoms with Crippen molar-refractivity contribution in [3.63, 3.8) is 0 Å². The van der Waals surface area contributed by atoms with Gasteiger partial charge in [0, 0.05) is 5.56 Å². The summed E-state index contributed by atoms with van der Waals surface area (Å²) in [6.45, 7) is 0. The van der Waals surface area contributed by atoms with E-state index >= 15 is 0 Å². The molecule has 0 aliphatic carbocycles. The Morgan fingerprint density at radius 2 is 1.36 bits per heavy atom. The molecule has 2 heterocycles. The van der Waals surface area contributed by atoms with E-state index in [4.69, 9.17) is 11.5 Å². The monoisotopic (exact) mass is 702 g/mol. The van der Waals surface area contributed by atoms with Gasteiger partial charge in [-0.15, -0.1) is 0 Å². The zero-order chi connectivity index (χ0) is 30.5. The van der Waals surface area contributed by atoms with Gasteiger partial charge in [0.25, 0.3) is 0 Å². The number of nitrogens with zero attached hydrogens (tertiary/aromatic N) is 2. The van der Waals surface area contributed by atoms with Crippen molar-refractivity contribution in [2.75, 3.05) is 14.2 Å². The minimum atomic E-state index is -0.995. The van der Waals surface area contributed by atoms with Crippen LogP contribution in [0.4, 0.5) is 9.59 Å². The predicted octanol–water partition coefficient (Wildman–Crippen LogP) is 4.85. The summed E-state index contributed by atoms with van der Waals surface area (Å²) in [4.78, 5) is 54.3. The van der Waals surface area contributed by atoms with Crippen LogP contribution >= 0.6 is 17.2 Å². The van der Waals surface area contributed by atoms with Crippen LogP contribution in [0.1, 0.15) is 11.3 Å². The van der Waals surface area contributed by atoms with E-state index in [9.17, 15) is 19.2 Å². The van der Waals surface area contributed by atoms with Crippen molar-refractivity contribution in [1.82, 2.24) is 19.9 Å². The van der Waals surface area contributed by atoms with Gasteiger partial charge in [0.15, 0.2) is 0 Å². The largest absolute Gasteiger partial charge is 2.00 e. The van der Waals surface area contributed by atoms with Crippen molar-refractivity contribution in [3.05, 3.63) is 83.5 Å². The number of carbonyl (C=O) groups is 2. The summed E-state index contributed by atoms with van der Waals surface area (Å²) in [6.07, 6.45) is -0.369. The standard InChI is InChI=1S/C24H14N4O2P2.2C2H5NO2.2V/c29-13-31-23-25-12-20(26-23)7-2-15-1-3-17-10-18(5-4-16(17)9-15)19-6-8-21-22(11-19)28-24(27-21)32-14-30;2*1-5-2(3)4;;/h1,3-6,8-12,31-32H,(H,25,26)(H,27,28);2*1H3,(H2,3,4);;/q-2;;;2*+2/p-2. The summed E-state index contributed by atoms with van der Waals surface area (Å²) in [5.74, 6) is 6.18. The van der Waals surface area contributed by atoms with Crippen LogP contribution < -0.4 is 11.1 Å². The number of fused-ring (bicyclic) bond motifs is 2. The van der Waals surface area contributed by atoms with Gasteiger partial charge in [-0.3, -0.25) is 9.59 Å². The van der Waals surface area contributed by atoms with Crippen molar-refractivity contribution in [2.24, 2.45) is 0 Å². The number of ether oxygens (including phenoxy) is 2. The maximum absolute atomic E-state index is 10.6. The summed E-state index contributed by atoms with van der Waals surface area (Å²) in [5, 5.41) is 2.21. The van der Waals surface area contributed by atoms with E-state index in [1.807, 2.05) is 42.4 Å². The van der Waals surface area contributed by atoms with E-state index in [1.165, 1.54) is 0 Å². The normalized spacial score (nSPS) is 9.86. The molecule has 220 valence electrons. The van der Waals surface area contributed by atoms with Gasteiger partial charge in [0.05, 0.1) is 42.6 Å². The number of benzene rings is 3. The molecule has 0 spiro atoms. The molecule has 16 heteroatoms. The number of methoxy groups -OCH3 is 2. The van der Waals surface area contributed by atoms with Crippen molar-refractivity contribution in [3.8, 4) is 23.0 Å². The van der Waals surface area contributed by atoms with Crippen LogP contribution in [0.2, 0.25) is 0 Å². The fraction of sp³-hybridized carbons (Fsp3) is 0.0714. The molecule has 5 aromatic rings. The number of H-pyrrole nitrogens is 2. The van der Waals surface area contributed by atoms with E-state index < -0.39 is 12.2 Å². The molecule has 2 amide bonds. The number of aromatic amines is 2. The number of amides is 2. The summed E-state index contributed by atoms with van der Waals surface area (Å²) < 4.78 is 7.56. The molecule has 0 aliphatic heterocycles. The molecule has 0 fully saturated rings. The van der Waals surface area contributed by atoms with Crippen LogP contribution in [-0.4, -0.2) is 58.4 Å². The molecule has 3 aromatic carbocycles. The van der Waals surface area contributed by atoms with Gasteiger partial charge in [-0.25, -0.2) is 22.0 Å². The molecule has 12 nitrogen and oxygen atoms in total. The van der Waals surface area contributed by atoms with Crippen LogP contribution in [0.25, 0.3) is 44.4 Å². The molecule has 44 heavy (non-hydrogen) atoms. The second-order valence-corrected chi connectivity index (χ2v) is 9.78. The SMILES string of the molecule is COC([NH-])=O.COC([NH-])=O.O=[C-]Pc1ncc(C#Cc2ccc3cc(-c4ccc5nc(P[C-]=O)[nH]c5c4)ccc3c2)[nH]1.[V+2].[V+2]. The molecule has 2 atom stereocenters. The minimum absolute atomic E-state index is 0. The van der Waals surface area contributed by atoms with E-state index in [-0.39, 0.29) is 54.3 Å². The fourth-order valence-corrected chi connectivity index (χ4v) is 4.33. The number of hydrogen-bond donors (Lipinski definition) is 2. The van der Waals surface area contributed by atoms with E-state index in [0.29, 0.717) is 16.8 Å². The van der Waals surface area contributed by atoms with Gasteiger partial charge < -0.3 is 40.5 Å². The Morgan fingerprint density at radius 1 is 0.795 bits per heavy atom. The predicted molar refractivity (Wildman–Crippen MR) is 164 cm³/mol. The molecule has 5 rings (SSSR count). The van der Waals surface area contributed by atoms with Crippen LogP contribution in [0.3, 0.4) is 0 Å². The maximum Gasteiger partial charge on any atom is 2.00 e. The number of hydrogen-bond acceptors (Lipinski definition) is 8. The quantitative estimate of drug-likeness (QED) is 0.147. The molecule has 2 radical (unpaired) electrons. The van der Waals surface area contributed by atoms with E-state index in [1.54, 1.807) is 6.20 Å². The van der Waals surface area contributed by atoms with Gasteiger partial charge >= 0.3 is 37.1 Å². The van der Waals surface area contributed by atoms with Crippen LogP contribution in [0.5, 0.6) is 0 Å². The second-order valence-electron chi connectivity index (χ2n) is 7.93. The number of nitrogens with one attached hydrogen (secondary N) is 4. The molecule has 2 aromatic heterocycles. The van der Waals surface area contributed by atoms with Crippen LogP contribution in [0, 0.1) is 11.8 Å². The molecule has 0 saturated carbocycles. The Bertz CT molecular complexity index is 1790. The van der Waals surface area contributed by atoms with Crippen molar-refractivity contribution in [1.29, 1.82) is 0 Å². The zero-order valence-electron chi connectivity index (χ0n) is 23.0.